The maximum atomic E-state index is 11.6. The van der Waals surface area contributed by atoms with Crippen molar-refractivity contribution in [3.63, 3.8) is 0 Å². The Kier molecular flexibility index (Phi) is 6.73. The fourth-order valence-corrected chi connectivity index (χ4v) is 1.48. The maximum absolute atomic E-state index is 11.6. The molecule has 0 rings (SSSR count). The molecule has 106 valence electrons. The van der Waals surface area contributed by atoms with Gasteiger partial charge in [-0.2, -0.15) is 0 Å². The summed E-state index contributed by atoms with van der Waals surface area (Å²) in [6.45, 7) is 9.49. The van der Waals surface area contributed by atoms with Crippen LogP contribution < -0.4 is 10.6 Å². The van der Waals surface area contributed by atoms with Gasteiger partial charge in [-0.15, -0.1) is 0 Å². The third kappa shape index (κ3) is 6.47. The second-order valence-corrected chi connectivity index (χ2v) is 5.67. The number of rotatable bonds is 7. The van der Waals surface area contributed by atoms with E-state index in [0.717, 1.165) is 12.8 Å². The zero-order chi connectivity index (χ0) is 14.3. The highest BCUT2D eigenvalue weighted by Gasteiger charge is 2.27. The molecule has 0 bridgehead atoms. The fourth-order valence-electron chi connectivity index (χ4n) is 1.48. The van der Waals surface area contributed by atoms with E-state index < -0.39 is 11.4 Å². The Balaban J connectivity index is 4.01. The predicted molar refractivity (Wildman–Crippen MR) is 71.5 cm³/mol. The minimum absolute atomic E-state index is 0.0906. The summed E-state index contributed by atoms with van der Waals surface area (Å²) in [6, 6.07) is -0.215. The van der Waals surface area contributed by atoms with Gasteiger partial charge < -0.3 is 15.7 Å². The lowest BCUT2D eigenvalue weighted by Crippen LogP contribution is -2.46. The molecule has 0 saturated heterocycles. The van der Waals surface area contributed by atoms with Crippen molar-refractivity contribution in [3.05, 3.63) is 0 Å². The molecule has 0 aromatic heterocycles. The van der Waals surface area contributed by atoms with Gasteiger partial charge in [0.25, 0.3) is 0 Å². The highest BCUT2D eigenvalue weighted by Crippen LogP contribution is 2.13. The Morgan fingerprint density at radius 2 is 1.83 bits per heavy atom. The van der Waals surface area contributed by atoms with Crippen LogP contribution in [-0.4, -0.2) is 29.7 Å². The summed E-state index contributed by atoms with van der Waals surface area (Å²) in [5.41, 5.74) is -0.947. The average Bonchev–Trinajstić information content (AvgIpc) is 2.25. The Bertz CT molecular complexity index is 290. The van der Waals surface area contributed by atoms with Crippen LogP contribution in [0.1, 0.15) is 47.5 Å². The van der Waals surface area contributed by atoms with Crippen molar-refractivity contribution in [1.82, 2.24) is 10.6 Å². The number of carboxylic acid groups (broad SMARTS) is 1. The van der Waals surface area contributed by atoms with Crippen molar-refractivity contribution < 1.29 is 14.7 Å². The summed E-state index contributed by atoms with van der Waals surface area (Å²) in [5.74, 6) is -0.355. The van der Waals surface area contributed by atoms with Crippen LogP contribution in [0.5, 0.6) is 0 Å². The zero-order valence-corrected chi connectivity index (χ0v) is 12.0. The van der Waals surface area contributed by atoms with Crippen molar-refractivity contribution in [1.29, 1.82) is 0 Å². The minimum Gasteiger partial charge on any atom is -0.481 e. The first-order valence-electron chi connectivity index (χ1n) is 6.46. The molecule has 0 radical (unpaired) electrons. The number of aliphatic carboxylic acids is 1. The molecule has 0 aromatic carbocycles. The van der Waals surface area contributed by atoms with E-state index in [1.807, 2.05) is 6.92 Å². The van der Waals surface area contributed by atoms with E-state index in [1.165, 1.54) is 0 Å². The molecule has 3 N–H and O–H groups in total. The maximum Gasteiger partial charge on any atom is 0.315 e. The SMILES string of the molecule is CCC(C)CC(C)NC(=O)NCC(C)(C)C(=O)O. The summed E-state index contributed by atoms with van der Waals surface area (Å²) >= 11 is 0. The molecule has 0 fully saturated rings. The van der Waals surface area contributed by atoms with Crippen molar-refractivity contribution >= 4 is 12.0 Å². The van der Waals surface area contributed by atoms with Crippen molar-refractivity contribution in [2.45, 2.75) is 53.5 Å². The van der Waals surface area contributed by atoms with Gasteiger partial charge in [-0.25, -0.2) is 4.79 Å². The molecular formula is C13H26N2O3. The molecule has 0 aliphatic rings. The molecule has 2 atom stereocenters. The van der Waals surface area contributed by atoms with E-state index >= 15 is 0 Å². The first-order chi connectivity index (χ1) is 8.19. The van der Waals surface area contributed by atoms with Gasteiger partial charge in [-0.05, 0) is 33.1 Å². The first-order valence-corrected chi connectivity index (χ1v) is 6.46. The van der Waals surface area contributed by atoms with Gasteiger partial charge in [-0.3, -0.25) is 4.79 Å². The number of nitrogens with one attached hydrogen (secondary N) is 2. The van der Waals surface area contributed by atoms with E-state index in [1.54, 1.807) is 13.8 Å². The molecule has 2 unspecified atom stereocenters. The molecule has 0 spiro atoms. The summed E-state index contributed by atoms with van der Waals surface area (Å²) in [6.07, 6.45) is 2.01. The zero-order valence-electron chi connectivity index (χ0n) is 12.0. The standard InChI is InChI=1S/C13H26N2O3/c1-6-9(2)7-10(3)15-12(18)14-8-13(4,5)11(16)17/h9-10H,6-8H2,1-5H3,(H,16,17)(H2,14,15,18). The van der Waals surface area contributed by atoms with Crippen LogP contribution in [0.3, 0.4) is 0 Å². The van der Waals surface area contributed by atoms with E-state index in [4.69, 9.17) is 5.11 Å². The Labute approximate surface area is 109 Å². The van der Waals surface area contributed by atoms with Crippen molar-refractivity contribution in [3.8, 4) is 0 Å². The Morgan fingerprint density at radius 1 is 1.28 bits per heavy atom. The average molecular weight is 258 g/mol. The normalized spacial score (nSPS) is 14.7. The lowest BCUT2D eigenvalue weighted by molar-refractivity contribution is -0.146. The minimum atomic E-state index is -0.947. The summed E-state index contributed by atoms with van der Waals surface area (Å²) in [5, 5.41) is 14.3. The highest BCUT2D eigenvalue weighted by molar-refractivity contribution is 5.77. The molecule has 0 aromatic rings. The summed E-state index contributed by atoms with van der Waals surface area (Å²) in [7, 11) is 0. The number of carboxylic acids is 1. The predicted octanol–water partition coefficient (Wildman–Crippen LogP) is 2.22. The number of carbonyl (C=O) groups excluding carboxylic acids is 1. The molecule has 18 heavy (non-hydrogen) atoms. The molecule has 0 aliphatic carbocycles. The van der Waals surface area contributed by atoms with Gasteiger partial charge in [0, 0.05) is 12.6 Å². The quantitative estimate of drug-likeness (QED) is 0.655. The van der Waals surface area contributed by atoms with E-state index in [-0.39, 0.29) is 18.6 Å². The number of amides is 2. The van der Waals surface area contributed by atoms with E-state index in [2.05, 4.69) is 24.5 Å². The number of hydrogen-bond acceptors (Lipinski definition) is 2. The molecule has 0 aliphatic heterocycles. The van der Waals surface area contributed by atoms with Gasteiger partial charge >= 0.3 is 12.0 Å². The van der Waals surface area contributed by atoms with Gasteiger partial charge in [0.15, 0.2) is 0 Å². The number of hydrogen-bond donors (Lipinski definition) is 3. The van der Waals surface area contributed by atoms with Crippen LogP contribution in [0.15, 0.2) is 0 Å². The molecule has 5 heteroatoms. The number of carbonyl (C=O) groups is 2. The van der Waals surface area contributed by atoms with Crippen molar-refractivity contribution in [2.24, 2.45) is 11.3 Å². The smallest absolute Gasteiger partial charge is 0.315 e. The third-order valence-electron chi connectivity index (χ3n) is 3.10. The van der Waals surface area contributed by atoms with Gasteiger partial charge in [-0.1, -0.05) is 20.3 Å². The fraction of sp³-hybridized carbons (Fsp3) is 0.846. The van der Waals surface area contributed by atoms with E-state index in [0.29, 0.717) is 5.92 Å². The molecule has 0 saturated carbocycles. The second-order valence-electron chi connectivity index (χ2n) is 5.67. The summed E-state index contributed by atoms with van der Waals surface area (Å²) < 4.78 is 0. The van der Waals surface area contributed by atoms with Crippen LogP contribution in [0.4, 0.5) is 4.79 Å². The molecular weight excluding hydrogens is 232 g/mol. The van der Waals surface area contributed by atoms with Crippen LogP contribution in [0.25, 0.3) is 0 Å². The largest absolute Gasteiger partial charge is 0.481 e. The Morgan fingerprint density at radius 3 is 2.28 bits per heavy atom. The lowest BCUT2D eigenvalue weighted by atomic mass is 9.94. The molecule has 0 heterocycles. The van der Waals surface area contributed by atoms with Crippen molar-refractivity contribution in [2.75, 3.05) is 6.54 Å². The van der Waals surface area contributed by atoms with Crippen LogP contribution in [0, 0.1) is 11.3 Å². The van der Waals surface area contributed by atoms with Crippen LogP contribution >= 0.6 is 0 Å². The van der Waals surface area contributed by atoms with E-state index in [9.17, 15) is 9.59 Å². The first kappa shape index (κ1) is 16.7. The highest BCUT2D eigenvalue weighted by atomic mass is 16.4. The monoisotopic (exact) mass is 258 g/mol. The van der Waals surface area contributed by atoms with Crippen LogP contribution in [-0.2, 0) is 4.79 Å². The topological polar surface area (TPSA) is 78.4 Å². The second kappa shape index (κ2) is 7.24. The van der Waals surface area contributed by atoms with Crippen LogP contribution in [0.2, 0.25) is 0 Å². The van der Waals surface area contributed by atoms with Gasteiger partial charge in [0.05, 0.1) is 5.41 Å². The van der Waals surface area contributed by atoms with Gasteiger partial charge in [0.2, 0.25) is 0 Å². The lowest BCUT2D eigenvalue weighted by Gasteiger charge is -2.22. The summed E-state index contributed by atoms with van der Waals surface area (Å²) in [4.78, 5) is 22.4. The molecule has 5 nitrogen and oxygen atoms in total. The number of urea groups is 1. The van der Waals surface area contributed by atoms with Gasteiger partial charge in [0.1, 0.15) is 0 Å². The third-order valence-corrected chi connectivity index (χ3v) is 3.10. The Hall–Kier alpha value is -1.26. The molecule has 2 amide bonds.